The van der Waals surface area contributed by atoms with Crippen LogP contribution in [0.4, 0.5) is 11.4 Å². The zero-order chi connectivity index (χ0) is 26.9. The quantitative estimate of drug-likeness (QED) is 0.282. The summed E-state index contributed by atoms with van der Waals surface area (Å²) in [5.41, 5.74) is 7.10. The van der Waals surface area contributed by atoms with E-state index in [1.165, 1.54) is 51.8 Å². The van der Waals surface area contributed by atoms with Gasteiger partial charge in [-0.15, -0.1) is 0 Å². The van der Waals surface area contributed by atoms with Crippen LogP contribution in [0.2, 0.25) is 0 Å². The van der Waals surface area contributed by atoms with E-state index in [1.807, 2.05) is 0 Å². The van der Waals surface area contributed by atoms with Crippen LogP contribution < -0.4 is 9.80 Å². The van der Waals surface area contributed by atoms with Crippen LogP contribution in [0.1, 0.15) is 71.9 Å². The van der Waals surface area contributed by atoms with Crippen LogP contribution in [0.5, 0.6) is 0 Å². The van der Waals surface area contributed by atoms with E-state index in [-0.39, 0.29) is 10.8 Å². The van der Waals surface area contributed by atoms with Crippen LogP contribution in [-0.4, -0.2) is 19.1 Å². The number of hydrogen-bond donors (Lipinski definition) is 0. The van der Waals surface area contributed by atoms with Gasteiger partial charge in [0.15, 0.2) is 0 Å². The van der Waals surface area contributed by atoms with Crippen molar-refractivity contribution in [3.05, 3.63) is 108 Å². The van der Waals surface area contributed by atoms with Gasteiger partial charge in [-0.25, -0.2) is 0 Å². The van der Waals surface area contributed by atoms with Crippen LogP contribution in [0, 0.1) is 0 Å². The Labute approximate surface area is 230 Å². The van der Waals surface area contributed by atoms with Crippen molar-refractivity contribution >= 4 is 22.1 Å². The molecule has 0 amide bonds. The molecule has 0 saturated heterocycles. The highest BCUT2D eigenvalue weighted by molar-refractivity contribution is 5.93. The first-order chi connectivity index (χ1) is 18.3. The van der Waals surface area contributed by atoms with Crippen LogP contribution in [-0.2, 0) is 10.8 Å². The smallest absolute Gasteiger partial charge is 0.0568 e. The predicted octanol–water partition coefficient (Wildman–Crippen LogP) is 9.31. The average molecular weight is 505 g/mol. The summed E-state index contributed by atoms with van der Waals surface area (Å²) < 4.78 is 0. The monoisotopic (exact) mass is 504 g/mol. The molecule has 3 aromatic rings. The fourth-order valence-electron chi connectivity index (χ4n) is 6.78. The number of anilines is 2. The molecule has 3 aromatic carbocycles. The van der Waals surface area contributed by atoms with Gasteiger partial charge in [-0.1, -0.05) is 121 Å². The lowest BCUT2D eigenvalue weighted by atomic mass is 9.78. The highest BCUT2D eigenvalue weighted by Crippen LogP contribution is 2.49. The molecule has 0 aliphatic carbocycles. The maximum atomic E-state index is 2.65. The molecule has 2 heterocycles. The molecule has 38 heavy (non-hydrogen) atoms. The van der Waals surface area contributed by atoms with Crippen molar-refractivity contribution in [3.63, 3.8) is 0 Å². The lowest BCUT2D eigenvalue weighted by Gasteiger charge is -2.32. The average Bonchev–Trinajstić information content (AvgIpc) is 3.26. The maximum absolute atomic E-state index is 2.65. The minimum atomic E-state index is 0.00686. The van der Waals surface area contributed by atoms with Gasteiger partial charge in [-0.3, -0.25) is 0 Å². The van der Waals surface area contributed by atoms with Gasteiger partial charge in [-0.05, 0) is 52.9 Å². The Kier molecular flexibility index (Phi) is 7.27. The third-order valence-corrected chi connectivity index (χ3v) is 8.70. The van der Waals surface area contributed by atoms with Crippen LogP contribution in [0.25, 0.3) is 10.8 Å². The fourth-order valence-corrected chi connectivity index (χ4v) is 6.78. The third kappa shape index (κ3) is 4.38. The zero-order valence-electron chi connectivity index (χ0n) is 24.2. The van der Waals surface area contributed by atoms with Crippen LogP contribution in [0.15, 0.2) is 96.7 Å². The second-order valence-corrected chi connectivity index (χ2v) is 12.0. The molecule has 2 aliphatic rings. The first-order valence-corrected chi connectivity index (χ1v) is 14.5. The first kappa shape index (κ1) is 26.4. The van der Waals surface area contributed by atoms with E-state index < -0.39 is 0 Å². The van der Waals surface area contributed by atoms with E-state index in [2.05, 4.69) is 142 Å². The van der Waals surface area contributed by atoms with E-state index in [1.54, 1.807) is 0 Å². The molecule has 0 N–H and O–H groups in total. The molecule has 1 unspecified atom stereocenters. The minimum absolute atomic E-state index is 0.00686. The van der Waals surface area contributed by atoms with Gasteiger partial charge in [0.1, 0.15) is 0 Å². The molecular formula is C36H44N2. The Hall–Kier alpha value is -3.26. The molecule has 2 aliphatic heterocycles. The molecule has 0 saturated carbocycles. The van der Waals surface area contributed by atoms with Gasteiger partial charge in [0, 0.05) is 41.0 Å². The standard InChI is InChI=1S/C36H44N2/c1-7-9-26-38-31-24-23-27-17-13-14-18-28(27)34(31)36(5,6)33(38)22-12-10-11-21-32-35(3,4)29-19-15-16-20-30(29)37(32)25-8-2/h10-24,33H,7-9,25-26H2,1-6H3/b11-10+,22-12+,32-21+. The topological polar surface area (TPSA) is 6.48 Å². The van der Waals surface area contributed by atoms with Crippen molar-refractivity contribution in [2.45, 2.75) is 77.7 Å². The number of rotatable bonds is 8. The normalized spacial score (nSPS) is 20.8. The molecule has 2 nitrogen and oxygen atoms in total. The SMILES string of the molecule is CCCCN1c2ccc3ccccc3c2C(C)(C)C1/C=C/C=C/C=C1/N(CCC)c2ccccc2C1(C)C. The van der Waals surface area contributed by atoms with E-state index in [9.17, 15) is 0 Å². The summed E-state index contributed by atoms with van der Waals surface area (Å²) in [5, 5.41) is 2.73. The Bertz CT molecular complexity index is 1390. The number of fused-ring (bicyclic) bond motifs is 4. The second-order valence-electron chi connectivity index (χ2n) is 12.0. The molecule has 0 bridgehead atoms. The first-order valence-electron chi connectivity index (χ1n) is 14.5. The van der Waals surface area contributed by atoms with E-state index >= 15 is 0 Å². The second kappa shape index (κ2) is 10.5. The lowest BCUT2D eigenvalue weighted by Crippen LogP contribution is -2.40. The Morgan fingerprint density at radius 1 is 0.763 bits per heavy atom. The van der Waals surface area contributed by atoms with Gasteiger partial charge < -0.3 is 9.80 Å². The summed E-state index contributed by atoms with van der Waals surface area (Å²) in [7, 11) is 0. The van der Waals surface area contributed by atoms with Gasteiger partial charge in [0.25, 0.3) is 0 Å². The summed E-state index contributed by atoms with van der Waals surface area (Å²) in [6, 6.07) is 22.7. The summed E-state index contributed by atoms with van der Waals surface area (Å²) in [6.07, 6.45) is 15.0. The van der Waals surface area contributed by atoms with Gasteiger partial charge in [0.2, 0.25) is 0 Å². The minimum Gasteiger partial charge on any atom is -0.364 e. The highest BCUT2D eigenvalue weighted by Gasteiger charge is 2.44. The van der Waals surface area contributed by atoms with E-state index in [0.717, 1.165) is 19.5 Å². The Morgan fingerprint density at radius 3 is 2.32 bits per heavy atom. The fraction of sp³-hybridized carbons (Fsp3) is 0.389. The van der Waals surface area contributed by atoms with Gasteiger partial charge >= 0.3 is 0 Å². The highest BCUT2D eigenvalue weighted by atomic mass is 15.2. The van der Waals surface area contributed by atoms with Crippen molar-refractivity contribution in [1.82, 2.24) is 0 Å². The summed E-state index contributed by atoms with van der Waals surface area (Å²) in [5.74, 6) is 0. The molecular weight excluding hydrogens is 460 g/mol. The molecule has 198 valence electrons. The van der Waals surface area contributed by atoms with E-state index in [0.29, 0.717) is 6.04 Å². The van der Waals surface area contributed by atoms with Gasteiger partial charge in [0.05, 0.1) is 6.04 Å². The zero-order valence-corrected chi connectivity index (χ0v) is 24.2. The molecule has 2 heteroatoms. The van der Waals surface area contributed by atoms with E-state index in [4.69, 9.17) is 0 Å². The maximum Gasteiger partial charge on any atom is 0.0568 e. The van der Waals surface area contributed by atoms with Gasteiger partial charge in [-0.2, -0.15) is 0 Å². The Morgan fingerprint density at radius 2 is 1.53 bits per heavy atom. The number of para-hydroxylation sites is 1. The molecule has 5 rings (SSSR count). The molecule has 0 spiro atoms. The van der Waals surface area contributed by atoms with Crippen molar-refractivity contribution < 1.29 is 0 Å². The number of unbranched alkanes of at least 4 members (excludes halogenated alkanes) is 1. The number of benzene rings is 3. The summed E-state index contributed by atoms with van der Waals surface area (Å²) in [4.78, 5) is 5.16. The molecule has 0 radical (unpaired) electrons. The van der Waals surface area contributed by atoms with Crippen molar-refractivity contribution in [2.24, 2.45) is 0 Å². The van der Waals surface area contributed by atoms with Crippen molar-refractivity contribution in [1.29, 1.82) is 0 Å². The van der Waals surface area contributed by atoms with Crippen molar-refractivity contribution in [2.75, 3.05) is 22.9 Å². The van der Waals surface area contributed by atoms with Crippen LogP contribution in [0.3, 0.4) is 0 Å². The Balaban J connectivity index is 1.44. The molecule has 0 fully saturated rings. The number of allylic oxidation sites excluding steroid dienone is 5. The molecule has 1 atom stereocenters. The van der Waals surface area contributed by atoms with Crippen LogP contribution >= 0.6 is 0 Å². The van der Waals surface area contributed by atoms with Crippen molar-refractivity contribution in [3.8, 4) is 0 Å². The number of nitrogens with zero attached hydrogens (tertiary/aromatic N) is 2. The molecule has 0 aromatic heterocycles. The number of hydrogen-bond acceptors (Lipinski definition) is 2. The summed E-state index contributed by atoms with van der Waals surface area (Å²) >= 11 is 0. The third-order valence-electron chi connectivity index (χ3n) is 8.70. The summed E-state index contributed by atoms with van der Waals surface area (Å²) in [6.45, 7) is 16.2. The lowest BCUT2D eigenvalue weighted by molar-refractivity contribution is 0.473. The largest absolute Gasteiger partial charge is 0.364 e. The predicted molar refractivity (Wildman–Crippen MR) is 166 cm³/mol.